The van der Waals surface area contributed by atoms with Crippen molar-refractivity contribution in [1.82, 2.24) is 4.90 Å². The first-order chi connectivity index (χ1) is 9.47. The first kappa shape index (κ1) is 15.5. The standard InChI is InChI=1S/C16H21ClFNO/c1-11(2)16(20)15(10-19-8-7-14(18)9-19)12-3-5-13(17)6-4-12/h3-6,11,14-15H,7-10H2,1-2H3. The number of ketones is 1. The Hall–Kier alpha value is -0.930. The second-order valence-corrected chi connectivity index (χ2v) is 6.24. The Morgan fingerprint density at radius 2 is 2.05 bits per heavy atom. The molecule has 0 radical (unpaired) electrons. The summed E-state index contributed by atoms with van der Waals surface area (Å²) < 4.78 is 13.3. The number of Topliss-reactive ketones (excluding diaryl/α,β-unsaturated/α-hetero) is 1. The summed E-state index contributed by atoms with van der Waals surface area (Å²) in [5.41, 5.74) is 0.968. The third-order valence-electron chi connectivity index (χ3n) is 3.84. The molecule has 0 amide bonds. The molecule has 2 rings (SSSR count). The van der Waals surface area contributed by atoms with Crippen molar-refractivity contribution in [2.24, 2.45) is 5.92 Å². The molecular weight excluding hydrogens is 277 g/mol. The maximum Gasteiger partial charge on any atom is 0.144 e. The zero-order valence-electron chi connectivity index (χ0n) is 12.0. The van der Waals surface area contributed by atoms with Crippen LogP contribution in [0.15, 0.2) is 24.3 Å². The molecule has 110 valence electrons. The maximum atomic E-state index is 13.3. The number of hydrogen-bond donors (Lipinski definition) is 0. The van der Waals surface area contributed by atoms with E-state index >= 15 is 0 Å². The third-order valence-corrected chi connectivity index (χ3v) is 4.09. The molecule has 2 atom stereocenters. The summed E-state index contributed by atoms with van der Waals surface area (Å²) in [6.45, 7) is 5.59. The van der Waals surface area contributed by atoms with Crippen molar-refractivity contribution in [3.05, 3.63) is 34.9 Å². The average Bonchev–Trinajstić information content (AvgIpc) is 2.82. The molecule has 1 aromatic rings. The number of nitrogens with zero attached hydrogens (tertiary/aromatic N) is 1. The van der Waals surface area contributed by atoms with Gasteiger partial charge in [0.1, 0.15) is 12.0 Å². The molecular formula is C16H21ClFNO. The topological polar surface area (TPSA) is 20.3 Å². The number of rotatable bonds is 5. The number of benzene rings is 1. The molecule has 1 aliphatic heterocycles. The minimum absolute atomic E-state index is 0.0283. The largest absolute Gasteiger partial charge is 0.299 e. The van der Waals surface area contributed by atoms with Crippen molar-refractivity contribution in [3.8, 4) is 0 Å². The molecule has 20 heavy (non-hydrogen) atoms. The van der Waals surface area contributed by atoms with E-state index in [9.17, 15) is 9.18 Å². The second kappa shape index (κ2) is 6.68. The molecule has 2 unspecified atom stereocenters. The molecule has 0 spiro atoms. The van der Waals surface area contributed by atoms with Crippen LogP contribution in [0.2, 0.25) is 5.02 Å². The Balaban J connectivity index is 2.16. The molecule has 0 N–H and O–H groups in total. The fourth-order valence-electron chi connectivity index (χ4n) is 2.67. The van der Waals surface area contributed by atoms with Gasteiger partial charge in [0.05, 0.1) is 5.92 Å². The summed E-state index contributed by atoms with van der Waals surface area (Å²) >= 11 is 5.90. The highest BCUT2D eigenvalue weighted by molar-refractivity contribution is 6.30. The van der Waals surface area contributed by atoms with E-state index in [1.54, 1.807) is 12.1 Å². The molecule has 0 aliphatic carbocycles. The van der Waals surface area contributed by atoms with E-state index in [1.165, 1.54) is 0 Å². The van der Waals surface area contributed by atoms with Gasteiger partial charge in [0.25, 0.3) is 0 Å². The van der Waals surface area contributed by atoms with E-state index < -0.39 is 6.17 Å². The number of hydrogen-bond acceptors (Lipinski definition) is 2. The summed E-state index contributed by atoms with van der Waals surface area (Å²) in [7, 11) is 0. The van der Waals surface area contributed by atoms with Crippen molar-refractivity contribution in [2.75, 3.05) is 19.6 Å². The van der Waals surface area contributed by atoms with E-state index in [0.29, 0.717) is 24.5 Å². The highest BCUT2D eigenvalue weighted by Crippen LogP contribution is 2.25. The number of alkyl halides is 1. The Morgan fingerprint density at radius 1 is 1.40 bits per heavy atom. The van der Waals surface area contributed by atoms with Gasteiger partial charge in [0.15, 0.2) is 0 Å². The van der Waals surface area contributed by atoms with Crippen molar-refractivity contribution >= 4 is 17.4 Å². The molecule has 4 heteroatoms. The van der Waals surface area contributed by atoms with E-state index in [-0.39, 0.29) is 17.6 Å². The van der Waals surface area contributed by atoms with E-state index in [1.807, 2.05) is 30.9 Å². The van der Waals surface area contributed by atoms with E-state index in [2.05, 4.69) is 0 Å². The van der Waals surface area contributed by atoms with Crippen LogP contribution in [0.1, 0.15) is 31.7 Å². The van der Waals surface area contributed by atoms with Gasteiger partial charge in [-0.3, -0.25) is 9.69 Å². The number of likely N-dealkylation sites (tertiary alicyclic amines) is 1. The summed E-state index contributed by atoms with van der Waals surface area (Å²) in [5, 5.41) is 0.662. The minimum atomic E-state index is -0.755. The Morgan fingerprint density at radius 3 is 2.55 bits per heavy atom. The van der Waals surface area contributed by atoms with Crippen LogP contribution in [0.4, 0.5) is 4.39 Å². The van der Waals surface area contributed by atoms with Crippen molar-refractivity contribution < 1.29 is 9.18 Å². The van der Waals surface area contributed by atoms with Crippen LogP contribution in [-0.4, -0.2) is 36.5 Å². The van der Waals surface area contributed by atoms with Crippen molar-refractivity contribution in [2.45, 2.75) is 32.4 Å². The predicted octanol–water partition coefficient (Wildman–Crippen LogP) is 3.69. The Labute approximate surface area is 124 Å². The highest BCUT2D eigenvalue weighted by Gasteiger charge is 2.29. The van der Waals surface area contributed by atoms with E-state index in [4.69, 9.17) is 11.6 Å². The lowest BCUT2D eigenvalue weighted by atomic mass is 9.88. The minimum Gasteiger partial charge on any atom is -0.299 e. The molecule has 1 heterocycles. The van der Waals surface area contributed by atoms with Gasteiger partial charge in [0.2, 0.25) is 0 Å². The highest BCUT2D eigenvalue weighted by atomic mass is 35.5. The molecule has 1 saturated heterocycles. The lowest BCUT2D eigenvalue weighted by Crippen LogP contribution is -2.32. The van der Waals surface area contributed by atoms with Gasteiger partial charge in [-0.15, -0.1) is 0 Å². The first-order valence-electron chi connectivity index (χ1n) is 7.13. The smallest absolute Gasteiger partial charge is 0.144 e. The van der Waals surface area contributed by atoms with Crippen LogP contribution in [-0.2, 0) is 4.79 Å². The zero-order valence-corrected chi connectivity index (χ0v) is 12.7. The second-order valence-electron chi connectivity index (χ2n) is 5.81. The van der Waals surface area contributed by atoms with Crippen molar-refractivity contribution in [3.63, 3.8) is 0 Å². The van der Waals surface area contributed by atoms with Crippen LogP contribution in [0.5, 0.6) is 0 Å². The molecule has 0 saturated carbocycles. The SMILES string of the molecule is CC(C)C(=O)C(CN1CCC(F)C1)c1ccc(Cl)cc1. The normalized spacial score (nSPS) is 21.4. The summed E-state index contributed by atoms with van der Waals surface area (Å²) in [6.07, 6.45) is -0.182. The number of carbonyl (C=O) groups is 1. The Bertz CT molecular complexity index is 460. The average molecular weight is 298 g/mol. The maximum absolute atomic E-state index is 13.3. The molecule has 1 fully saturated rings. The lowest BCUT2D eigenvalue weighted by Gasteiger charge is -2.24. The van der Waals surface area contributed by atoms with Gasteiger partial charge in [-0.2, -0.15) is 0 Å². The van der Waals surface area contributed by atoms with Gasteiger partial charge >= 0.3 is 0 Å². The monoisotopic (exact) mass is 297 g/mol. The molecule has 0 bridgehead atoms. The van der Waals surface area contributed by atoms with Gasteiger partial charge in [0, 0.05) is 30.6 Å². The number of halogens is 2. The fraction of sp³-hybridized carbons (Fsp3) is 0.562. The van der Waals surface area contributed by atoms with Gasteiger partial charge in [-0.05, 0) is 24.1 Å². The number of carbonyl (C=O) groups excluding carboxylic acids is 1. The van der Waals surface area contributed by atoms with E-state index in [0.717, 1.165) is 12.1 Å². The van der Waals surface area contributed by atoms with Crippen LogP contribution in [0, 0.1) is 5.92 Å². The summed E-state index contributed by atoms with van der Waals surface area (Å²) in [6, 6.07) is 7.41. The lowest BCUT2D eigenvalue weighted by molar-refractivity contribution is -0.123. The van der Waals surface area contributed by atoms with Crippen LogP contribution >= 0.6 is 11.6 Å². The van der Waals surface area contributed by atoms with Crippen molar-refractivity contribution in [1.29, 1.82) is 0 Å². The third kappa shape index (κ3) is 3.80. The first-order valence-corrected chi connectivity index (χ1v) is 7.50. The molecule has 1 aromatic carbocycles. The van der Waals surface area contributed by atoms with Crippen LogP contribution < -0.4 is 0 Å². The predicted molar refractivity (Wildman–Crippen MR) is 80.0 cm³/mol. The quantitative estimate of drug-likeness (QED) is 0.826. The van der Waals surface area contributed by atoms with Gasteiger partial charge < -0.3 is 0 Å². The Kier molecular flexibility index (Phi) is 5.17. The van der Waals surface area contributed by atoms with Crippen LogP contribution in [0.3, 0.4) is 0 Å². The van der Waals surface area contributed by atoms with Gasteiger partial charge in [-0.1, -0.05) is 37.6 Å². The molecule has 1 aliphatic rings. The summed E-state index contributed by atoms with van der Waals surface area (Å²) in [4.78, 5) is 14.5. The van der Waals surface area contributed by atoms with Gasteiger partial charge in [-0.25, -0.2) is 4.39 Å². The van der Waals surface area contributed by atoms with Crippen LogP contribution in [0.25, 0.3) is 0 Å². The molecule has 0 aromatic heterocycles. The fourth-order valence-corrected chi connectivity index (χ4v) is 2.79. The summed E-state index contributed by atoms with van der Waals surface area (Å²) in [5.74, 6) is -0.0216. The zero-order chi connectivity index (χ0) is 14.7. The molecule has 2 nitrogen and oxygen atoms in total.